The Kier molecular flexibility index (Phi) is 5.15. The largest absolute Gasteiger partial charge is 0.493 e. The molecule has 0 aliphatic carbocycles. The van der Waals surface area contributed by atoms with Crippen LogP contribution in [-0.2, 0) is 13.1 Å². The molecule has 0 amide bonds. The molecule has 1 aromatic heterocycles. The van der Waals surface area contributed by atoms with Gasteiger partial charge < -0.3 is 18.6 Å². The van der Waals surface area contributed by atoms with Crippen LogP contribution in [0.3, 0.4) is 0 Å². The molecule has 1 unspecified atom stereocenters. The number of ether oxygens (including phenoxy) is 3. The first-order valence-electron chi connectivity index (χ1n) is 9.35. The van der Waals surface area contributed by atoms with E-state index < -0.39 is 0 Å². The molecule has 29 heavy (non-hydrogen) atoms. The maximum atomic E-state index is 12.3. The summed E-state index contributed by atoms with van der Waals surface area (Å²) >= 11 is 6.48. The molecule has 2 heterocycles. The molecule has 0 radical (unpaired) electrons. The van der Waals surface area contributed by atoms with Crippen LogP contribution in [0.4, 0.5) is 0 Å². The Morgan fingerprint density at radius 2 is 1.86 bits per heavy atom. The number of hydrogen-bond donors (Lipinski definition) is 1. The Bertz CT molecular complexity index is 1150. The van der Waals surface area contributed by atoms with Crippen molar-refractivity contribution in [3.63, 3.8) is 0 Å². The predicted octanol–water partition coefficient (Wildman–Crippen LogP) is 3.02. The number of methoxy groups -OCH3 is 2. The van der Waals surface area contributed by atoms with Crippen LogP contribution in [-0.4, -0.2) is 21.0 Å². The Morgan fingerprint density at radius 1 is 1.10 bits per heavy atom. The average molecular weight is 417 g/mol. The van der Waals surface area contributed by atoms with Gasteiger partial charge in [-0.05, 0) is 43.7 Å². The van der Waals surface area contributed by atoms with Crippen molar-refractivity contribution in [1.82, 2.24) is 0 Å². The monoisotopic (exact) mass is 416 g/mol. The molecule has 6 nitrogen and oxygen atoms in total. The molecule has 152 valence electrons. The van der Waals surface area contributed by atoms with Crippen molar-refractivity contribution in [2.75, 3.05) is 21.0 Å². The zero-order valence-electron chi connectivity index (χ0n) is 16.8. The number of quaternary nitrogens is 1. The van der Waals surface area contributed by atoms with Crippen molar-refractivity contribution >= 4 is 22.6 Å². The van der Waals surface area contributed by atoms with Gasteiger partial charge in [0, 0.05) is 16.5 Å². The second kappa shape index (κ2) is 7.61. The normalized spacial score (nSPS) is 15.7. The van der Waals surface area contributed by atoms with Crippen LogP contribution in [0.25, 0.3) is 11.0 Å². The molecule has 1 aliphatic heterocycles. The second-order valence-corrected chi connectivity index (χ2v) is 7.67. The molecule has 0 saturated carbocycles. The second-order valence-electron chi connectivity index (χ2n) is 7.26. The van der Waals surface area contributed by atoms with Crippen LogP contribution < -0.4 is 24.7 Å². The number of hydrogen-bond acceptors (Lipinski definition) is 5. The van der Waals surface area contributed by atoms with Crippen LogP contribution in [0.5, 0.6) is 17.2 Å². The molecular formula is C22H23ClNO5+. The molecule has 7 heteroatoms. The first kappa shape index (κ1) is 19.6. The smallest absolute Gasteiger partial charge is 0.339 e. The van der Waals surface area contributed by atoms with Gasteiger partial charge in [-0.2, -0.15) is 0 Å². The van der Waals surface area contributed by atoms with Gasteiger partial charge in [-0.3, -0.25) is 4.90 Å². The number of halogens is 1. The van der Waals surface area contributed by atoms with Crippen molar-refractivity contribution in [3.8, 4) is 17.2 Å². The topological polar surface area (TPSA) is 62.3 Å². The van der Waals surface area contributed by atoms with Gasteiger partial charge in [-0.15, -0.1) is 0 Å². The zero-order valence-corrected chi connectivity index (χ0v) is 17.6. The third kappa shape index (κ3) is 3.43. The fraction of sp³-hybridized carbons (Fsp3) is 0.318. The minimum Gasteiger partial charge on any atom is -0.493 e. The van der Waals surface area contributed by atoms with Crippen LogP contribution >= 0.6 is 11.6 Å². The molecule has 2 aromatic carbocycles. The minimum atomic E-state index is -0.327. The van der Waals surface area contributed by atoms with Gasteiger partial charge in [0.1, 0.15) is 13.1 Å². The molecule has 0 fully saturated rings. The number of benzene rings is 2. The third-order valence-corrected chi connectivity index (χ3v) is 5.78. The number of nitrogens with one attached hydrogen (secondary N) is 1. The highest BCUT2D eigenvalue weighted by atomic mass is 35.5. The van der Waals surface area contributed by atoms with E-state index in [-0.39, 0.29) is 5.63 Å². The molecule has 1 atom stereocenters. The summed E-state index contributed by atoms with van der Waals surface area (Å²) in [6.07, 6.45) is 0. The van der Waals surface area contributed by atoms with E-state index in [1.807, 2.05) is 31.2 Å². The highest BCUT2D eigenvalue weighted by molar-refractivity contribution is 6.33. The molecule has 0 bridgehead atoms. The van der Waals surface area contributed by atoms with Crippen LogP contribution in [0, 0.1) is 13.8 Å². The van der Waals surface area contributed by atoms with E-state index in [0.29, 0.717) is 53.2 Å². The number of aryl methyl sites for hydroxylation is 1. The van der Waals surface area contributed by atoms with Gasteiger partial charge >= 0.3 is 5.63 Å². The Hall–Kier alpha value is -2.70. The average Bonchev–Trinajstić information content (AvgIpc) is 2.73. The van der Waals surface area contributed by atoms with Gasteiger partial charge in [0.05, 0.1) is 24.8 Å². The summed E-state index contributed by atoms with van der Waals surface area (Å²) in [4.78, 5) is 13.4. The first-order chi connectivity index (χ1) is 13.9. The standard InChI is InChI=1S/C22H22ClNO5/c1-12-13(2)22(25)29-20-15(12)8-17(23)21-16(20)10-24(11-28-21)9-14-5-6-18(26-3)19(7-14)27-4/h5-8H,9-11H2,1-4H3/p+1. The summed E-state index contributed by atoms with van der Waals surface area (Å²) in [5.41, 5.74) is 3.63. The summed E-state index contributed by atoms with van der Waals surface area (Å²) in [6, 6.07) is 7.68. The van der Waals surface area contributed by atoms with Crippen molar-refractivity contribution in [3.05, 3.63) is 62.0 Å². The zero-order chi connectivity index (χ0) is 20.7. The molecule has 0 spiro atoms. The summed E-state index contributed by atoms with van der Waals surface area (Å²) < 4.78 is 22.3. The predicted molar refractivity (Wildman–Crippen MR) is 110 cm³/mol. The van der Waals surface area contributed by atoms with Crippen LogP contribution in [0.2, 0.25) is 5.02 Å². The fourth-order valence-electron chi connectivity index (χ4n) is 3.77. The molecular weight excluding hydrogens is 394 g/mol. The molecule has 0 saturated heterocycles. The summed E-state index contributed by atoms with van der Waals surface area (Å²) in [5.74, 6) is 1.98. The highest BCUT2D eigenvalue weighted by Gasteiger charge is 2.28. The summed E-state index contributed by atoms with van der Waals surface area (Å²) in [5, 5.41) is 1.39. The lowest BCUT2D eigenvalue weighted by molar-refractivity contribution is -0.945. The lowest BCUT2D eigenvalue weighted by Crippen LogP contribution is -3.10. The van der Waals surface area contributed by atoms with Gasteiger partial charge in [0.15, 0.2) is 22.8 Å². The van der Waals surface area contributed by atoms with Crippen molar-refractivity contribution in [2.24, 2.45) is 0 Å². The lowest BCUT2D eigenvalue weighted by atomic mass is 10.0. The summed E-state index contributed by atoms with van der Waals surface area (Å²) in [7, 11) is 3.24. The van der Waals surface area contributed by atoms with Crippen LogP contribution in [0.15, 0.2) is 33.5 Å². The van der Waals surface area contributed by atoms with Crippen molar-refractivity contribution in [2.45, 2.75) is 26.9 Å². The van der Waals surface area contributed by atoms with Gasteiger partial charge in [0.25, 0.3) is 0 Å². The number of fused-ring (bicyclic) bond motifs is 3. The molecule has 4 rings (SSSR count). The summed E-state index contributed by atoms with van der Waals surface area (Å²) in [6.45, 7) is 5.48. The van der Waals surface area contributed by atoms with E-state index in [1.165, 1.54) is 0 Å². The Labute approximate surface area is 173 Å². The minimum absolute atomic E-state index is 0.327. The number of rotatable bonds is 4. The highest BCUT2D eigenvalue weighted by Crippen LogP contribution is 2.37. The maximum Gasteiger partial charge on any atom is 0.339 e. The van der Waals surface area contributed by atoms with Gasteiger partial charge in [0.2, 0.25) is 6.73 Å². The van der Waals surface area contributed by atoms with E-state index in [4.69, 9.17) is 30.2 Å². The van der Waals surface area contributed by atoms with Crippen LogP contribution in [0.1, 0.15) is 22.3 Å². The van der Waals surface area contributed by atoms with E-state index in [9.17, 15) is 4.79 Å². The molecule has 3 aromatic rings. The van der Waals surface area contributed by atoms with E-state index in [1.54, 1.807) is 21.1 Å². The van der Waals surface area contributed by atoms with Gasteiger partial charge in [-0.1, -0.05) is 11.6 Å². The lowest BCUT2D eigenvalue weighted by Gasteiger charge is -2.27. The fourth-order valence-corrected chi connectivity index (χ4v) is 4.05. The van der Waals surface area contributed by atoms with Crippen molar-refractivity contribution < 1.29 is 23.5 Å². The SMILES string of the molecule is COc1ccc(C[NH+]2COc3c(Cl)cc4c(C)c(C)c(=O)oc4c3C2)cc1OC. The quantitative estimate of drug-likeness (QED) is 0.662. The third-order valence-electron chi connectivity index (χ3n) is 5.50. The maximum absolute atomic E-state index is 12.3. The van der Waals surface area contributed by atoms with E-state index >= 15 is 0 Å². The van der Waals surface area contributed by atoms with Gasteiger partial charge in [-0.25, -0.2) is 4.79 Å². The molecule has 1 N–H and O–H groups in total. The Morgan fingerprint density at radius 3 is 2.59 bits per heavy atom. The van der Waals surface area contributed by atoms with E-state index in [0.717, 1.165) is 27.0 Å². The molecule has 1 aliphatic rings. The van der Waals surface area contributed by atoms with E-state index in [2.05, 4.69) is 0 Å². The van der Waals surface area contributed by atoms with Crippen molar-refractivity contribution in [1.29, 1.82) is 0 Å². The first-order valence-corrected chi connectivity index (χ1v) is 9.73. The Balaban J connectivity index is 1.71.